The molecular weight excluding hydrogens is 458 g/mol. The number of hydrogen-bond acceptors (Lipinski definition) is 1. The highest BCUT2D eigenvalue weighted by atomic mass is 35.5. The second kappa shape index (κ2) is 9.73. The Morgan fingerprint density at radius 3 is 1.28 bits per heavy atom. The van der Waals surface area contributed by atoms with Crippen LogP contribution in [0.2, 0.25) is 5.02 Å². The van der Waals surface area contributed by atoms with Crippen LogP contribution in [0.15, 0.2) is 146 Å². The molecule has 6 aromatic carbocycles. The van der Waals surface area contributed by atoms with Gasteiger partial charge in [-0.15, -0.1) is 0 Å². The van der Waals surface area contributed by atoms with E-state index in [9.17, 15) is 0 Å². The molecule has 36 heavy (non-hydrogen) atoms. The van der Waals surface area contributed by atoms with Gasteiger partial charge in [-0.2, -0.15) is 0 Å². The molecule has 0 N–H and O–H groups in total. The summed E-state index contributed by atoms with van der Waals surface area (Å²) in [5.74, 6) is 0. The van der Waals surface area contributed by atoms with Crippen molar-refractivity contribution >= 4 is 39.4 Å². The van der Waals surface area contributed by atoms with Crippen LogP contribution in [0.25, 0.3) is 33.0 Å². The van der Waals surface area contributed by atoms with Gasteiger partial charge in [0.1, 0.15) is 0 Å². The normalized spacial score (nSPS) is 10.9. The van der Waals surface area contributed by atoms with E-state index in [2.05, 4.69) is 126 Å². The lowest BCUT2D eigenvalue weighted by atomic mass is 10.0. The second-order valence-corrected chi connectivity index (χ2v) is 9.18. The Morgan fingerprint density at radius 1 is 0.361 bits per heavy atom. The monoisotopic (exact) mass is 481 g/mol. The molecule has 2 heteroatoms. The fraction of sp³-hybridized carbons (Fsp3) is 0. The van der Waals surface area contributed by atoms with Crippen molar-refractivity contribution in [3.63, 3.8) is 0 Å². The Labute approximate surface area is 216 Å². The summed E-state index contributed by atoms with van der Waals surface area (Å²) < 4.78 is 0. The van der Waals surface area contributed by atoms with Gasteiger partial charge in [0.15, 0.2) is 0 Å². The highest BCUT2D eigenvalue weighted by molar-refractivity contribution is 6.36. The summed E-state index contributed by atoms with van der Waals surface area (Å²) in [4.78, 5) is 2.31. The summed E-state index contributed by atoms with van der Waals surface area (Å²) in [5.41, 5.74) is 8.08. The van der Waals surface area contributed by atoms with Gasteiger partial charge < -0.3 is 4.90 Å². The maximum Gasteiger partial charge on any atom is 0.0541 e. The predicted octanol–water partition coefficient (Wildman–Crippen LogP) is 10.3. The summed E-state index contributed by atoms with van der Waals surface area (Å²) in [6.07, 6.45) is 0. The zero-order valence-electron chi connectivity index (χ0n) is 19.7. The standard InChI is InChI=1S/C34H24ClN/c35-33-23-24-34(32-14-8-7-13-31(32)33)36(29-19-15-27(16-20-29)25-9-3-1-4-10-25)30-21-17-28(18-22-30)26-11-5-2-6-12-26/h1-24H. The highest BCUT2D eigenvalue weighted by Gasteiger charge is 2.16. The van der Waals surface area contributed by atoms with E-state index in [0.29, 0.717) is 0 Å². The van der Waals surface area contributed by atoms with Gasteiger partial charge in [0.25, 0.3) is 0 Å². The molecule has 0 spiro atoms. The van der Waals surface area contributed by atoms with Crippen LogP contribution in [0, 0.1) is 0 Å². The molecule has 172 valence electrons. The predicted molar refractivity (Wildman–Crippen MR) is 155 cm³/mol. The minimum atomic E-state index is 0.758. The molecule has 6 rings (SSSR count). The fourth-order valence-electron chi connectivity index (χ4n) is 4.74. The van der Waals surface area contributed by atoms with E-state index < -0.39 is 0 Å². The molecule has 0 fully saturated rings. The Balaban J connectivity index is 1.49. The van der Waals surface area contributed by atoms with Crippen molar-refractivity contribution in [1.82, 2.24) is 0 Å². The number of hydrogen-bond donors (Lipinski definition) is 0. The van der Waals surface area contributed by atoms with Crippen LogP contribution in [0.1, 0.15) is 0 Å². The number of rotatable bonds is 5. The zero-order chi connectivity index (χ0) is 24.3. The average Bonchev–Trinajstić information content (AvgIpc) is 2.96. The van der Waals surface area contributed by atoms with Crippen LogP contribution in [0.5, 0.6) is 0 Å². The average molecular weight is 482 g/mol. The molecule has 0 amide bonds. The topological polar surface area (TPSA) is 3.24 Å². The Kier molecular flexibility index (Phi) is 5.99. The number of nitrogens with zero attached hydrogens (tertiary/aromatic N) is 1. The zero-order valence-corrected chi connectivity index (χ0v) is 20.4. The van der Waals surface area contributed by atoms with Crippen LogP contribution in [-0.4, -0.2) is 0 Å². The van der Waals surface area contributed by atoms with Crippen LogP contribution >= 0.6 is 11.6 Å². The first-order valence-corrected chi connectivity index (χ1v) is 12.4. The van der Waals surface area contributed by atoms with Crippen molar-refractivity contribution in [2.75, 3.05) is 4.90 Å². The largest absolute Gasteiger partial charge is 0.310 e. The molecule has 0 aliphatic carbocycles. The van der Waals surface area contributed by atoms with Gasteiger partial charge >= 0.3 is 0 Å². The summed E-state index contributed by atoms with van der Waals surface area (Å²) in [5, 5.41) is 2.92. The number of benzene rings is 6. The van der Waals surface area contributed by atoms with Crippen molar-refractivity contribution in [2.24, 2.45) is 0 Å². The van der Waals surface area contributed by atoms with Crippen molar-refractivity contribution in [2.45, 2.75) is 0 Å². The molecule has 0 aromatic heterocycles. The van der Waals surface area contributed by atoms with Crippen LogP contribution in [0.4, 0.5) is 17.1 Å². The minimum absolute atomic E-state index is 0.758. The summed E-state index contributed by atoms with van der Waals surface area (Å²) in [6, 6.07) is 50.9. The lowest BCUT2D eigenvalue weighted by molar-refractivity contribution is 1.30. The van der Waals surface area contributed by atoms with E-state index in [4.69, 9.17) is 11.6 Å². The molecular formula is C34H24ClN. The smallest absolute Gasteiger partial charge is 0.0541 e. The van der Waals surface area contributed by atoms with Gasteiger partial charge in [0.05, 0.1) is 5.69 Å². The first-order chi connectivity index (χ1) is 17.8. The number of fused-ring (bicyclic) bond motifs is 1. The Bertz CT molecular complexity index is 1520. The van der Waals surface area contributed by atoms with E-state index in [1.54, 1.807) is 0 Å². The third-order valence-electron chi connectivity index (χ3n) is 6.55. The molecule has 0 radical (unpaired) electrons. The van der Waals surface area contributed by atoms with E-state index in [1.807, 2.05) is 24.3 Å². The molecule has 0 saturated heterocycles. The van der Waals surface area contributed by atoms with Crippen molar-refractivity contribution in [1.29, 1.82) is 0 Å². The van der Waals surface area contributed by atoms with Crippen molar-refractivity contribution in [3.8, 4) is 22.3 Å². The lowest BCUT2D eigenvalue weighted by Gasteiger charge is -2.27. The third-order valence-corrected chi connectivity index (χ3v) is 6.88. The number of anilines is 3. The van der Waals surface area contributed by atoms with Crippen LogP contribution in [-0.2, 0) is 0 Å². The molecule has 0 aliphatic rings. The number of halogens is 1. The lowest BCUT2D eigenvalue weighted by Crippen LogP contribution is -2.10. The van der Waals surface area contributed by atoms with Gasteiger partial charge in [0, 0.05) is 27.2 Å². The maximum atomic E-state index is 6.58. The third kappa shape index (κ3) is 4.26. The molecule has 1 nitrogen and oxygen atoms in total. The summed E-state index contributed by atoms with van der Waals surface area (Å²) in [7, 11) is 0. The minimum Gasteiger partial charge on any atom is -0.310 e. The van der Waals surface area contributed by atoms with Crippen molar-refractivity contribution < 1.29 is 0 Å². The molecule has 0 aliphatic heterocycles. The summed E-state index contributed by atoms with van der Waals surface area (Å²) in [6.45, 7) is 0. The highest BCUT2D eigenvalue weighted by Crippen LogP contribution is 2.41. The van der Waals surface area contributed by atoms with Gasteiger partial charge in [0.2, 0.25) is 0 Å². The van der Waals surface area contributed by atoms with E-state index in [-0.39, 0.29) is 0 Å². The first kappa shape index (κ1) is 22.2. The second-order valence-electron chi connectivity index (χ2n) is 8.77. The van der Waals surface area contributed by atoms with E-state index in [1.165, 1.54) is 22.3 Å². The van der Waals surface area contributed by atoms with Gasteiger partial charge in [-0.25, -0.2) is 0 Å². The Morgan fingerprint density at radius 2 is 0.778 bits per heavy atom. The maximum absolute atomic E-state index is 6.58. The summed E-state index contributed by atoms with van der Waals surface area (Å²) >= 11 is 6.58. The molecule has 0 saturated carbocycles. The first-order valence-electron chi connectivity index (χ1n) is 12.1. The SMILES string of the molecule is Clc1ccc(N(c2ccc(-c3ccccc3)cc2)c2ccc(-c3ccccc3)cc2)c2ccccc12. The molecule has 0 bridgehead atoms. The van der Waals surface area contributed by atoms with Gasteiger partial charge in [-0.05, 0) is 58.7 Å². The quantitative estimate of drug-likeness (QED) is 0.236. The fourth-order valence-corrected chi connectivity index (χ4v) is 4.96. The molecule has 0 heterocycles. The molecule has 0 unspecified atom stereocenters. The van der Waals surface area contributed by atoms with E-state index >= 15 is 0 Å². The van der Waals surface area contributed by atoms with Crippen LogP contribution < -0.4 is 4.90 Å². The Hall–Kier alpha value is -4.33. The van der Waals surface area contributed by atoms with Crippen LogP contribution in [0.3, 0.4) is 0 Å². The van der Waals surface area contributed by atoms with Crippen molar-refractivity contribution in [3.05, 3.63) is 151 Å². The molecule has 6 aromatic rings. The van der Waals surface area contributed by atoms with Gasteiger partial charge in [-0.1, -0.05) is 121 Å². The van der Waals surface area contributed by atoms with Gasteiger partial charge in [-0.3, -0.25) is 0 Å². The molecule has 0 atom stereocenters. The van der Waals surface area contributed by atoms with E-state index in [0.717, 1.165) is 32.9 Å².